The van der Waals surface area contributed by atoms with Crippen molar-refractivity contribution in [1.29, 1.82) is 0 Å². The van der Waals surface area contributed by atoms with Crippen LogP contribution in [0.1, 0.15) is 31.2 Å². The van der Waals surface area contributed by atoms with Crippen LogP contribution < -0.4 is 4.48 Å². The minimum atomic E-state index is -1.01. The molecule has 3 rings (SSSR count). The maximum absolute atomic E-state index is 6.61. The van der Waals surface area contributed by atoms with Crippen molar-refractivity contribution in [3.8, 4) is 0 Å². The highest BCUT2D eigenvalue weighted by molar-refractivity contribution is 6.65. The maximum atomic E-state index is 6.61. The third kappa shape index (κ3) is 2.61. The van der Waals surface area contributed by atoms with Crippen LogP contribution in [0.4, 0.5) is 0 Å². The van der Waals surface area contributed by atoms with Gasteiger partial charge in [0.25, 0.3) is 0 Å². The number of aromatic nitrogens is 1. The molecule has 0 bridgehead atoms. The van der Waals surface area contributed by atoms with E-state index in [0.29, 0.717) is 0 Å². The molecule has 1 unspecified atom stereocenters. The van der Waals surface area contributed by atoms with E-state index >= 15 is 0 Å². The van der Waals surface area contributed by atoms with E-state index in [1.54, 1.807) is 0 Å². The number of pyridine rings is 1. The van der Waals surface area contributed by atoms with Gasteiger partial charge in [0, 0.05) is 11.1 Å². The molecule has 0 radical (unpaired) electrons. The zero-order valence-corrected chi connectivity index (χ0v) is 13.4. The van der Waals surface area contributed by atoms with Crippen molar-refractivity contribution in [3.63, 3.8) is 0 Å². The van der Waals surface area contributed by atoms with Gasteiger partial charge in [-0.1, -0.05) is 56.3 Å². The Hall–Kier alpha value is -1.32. The molecule has 1 aromatic carbocycles. The second-order valence-electron chi connectivity index (χ2n) is 5.89. The van der Waals surface area contributed by atoms with Crippen LogP contribution in [0.3, 0.4) is 0 Å². The van der Waals surface area contributed by atoms with E-state index in [9.17, 15) is 0 Å². The highest BCUT2D eigenvalue weighted by Gasteiger charge is 2.42. The lowest BCUT2D eigenvalue weighted by atomic mass is 9.45. The van der Waals surface area contributed by atoms with Crippen LogP contribution in [0.15, 0.2) is 48.7 Å². The molecule has 2 aromatic rings. The zero-order valence-electron chi connectivity index (χ0n) is 12.6. The van der Waals surface area contributed by atoms with Crippen LogP contribution in [-0.2, 0) is 11.1 Å². The summed E-state index contributed by atoms with van der Waals surface area (Å²) in [6.45, 7) is 3.43. The van der Waals surface area contributed by atoms with Crippen molar-refractivity contribution in [2.45, 2.75) is 39.0 Å². The minimum Gasteiger partial charge on any atom is -0.526 e. The van der Waals surface area contributed by atoms with Crippen LogP contribution in [0.5, 0.6) is 0 Å². The standard InChI is InChI=1S/C17H21BClNO/c1-3-18(4-2)20-12-6-5-7-16(20)13-17(21-18)14-8-10-15(19)11-9-14/h5-12,17H,3-4,13H2,1-2H3. The number of hydrogen-bond donors (Lipinski definition) is 0. The lowest BCUT2D eigenvalue weighted by Crippen LogP contribution is -2.70. The summed E-state index contributed by atoms with van der Waals surface area (Å²) >= 11 is 6.00. The molecule has 0 saturated carbocycles. The van der Waals surface area contributed by atoms with Crippen LogP contribution in [-0.4, -0.2) is 6.48 Å². The van der Waals surface area contributed by atoms with Gasteiger partial charge in [0.15, 0.2) is 0 Å². The Bertz CT molecular complexity index is 625. The van der Waals surface area contributed by atoms with Crippen molar-refractivity contribution in [1.82, 2.24) is 0 Å². The molecular formula is C17H21BClNO. The monoisotopic (exact) mass is 301 g/mol. The first kappa shape index (κ1) is 14.6. The molecule has 21 heavy (non-hydrogen) atoms. The van der Waals surface area contributed by atoms with Gasteiger partial charge < -0.3 is 9.13 Å². The normalized spacial score (nSPS) is 20.0. The first-order valence-corrected chi connectivity index (χ1v) is 8.17. The maximum Gasteiger partial charge on any atom is 0.405 e. The van der Waals surface area contributed by atoms with Gasteiger partial charge in [0.1, 0.15) is 11.9 Å². The molecule has 0 fully saturated rings. The molecule has 0 aliphatic carbocycles. The molecule has 1 aromatic heterocycles. The van der Waals surface area contributed by atoms with E-state index in [2.05, 4.69) is 54.9 Å². The van der Waals surface area contributed by atoms with E-state index in [-0.39, 0.29) is 6.10 Å². The average molecular weight is 302 g/mol. The highest BCUT2D eigenvalue weighted by atomic mass is 35.5. The molecule has 110 valence electrons. The molecule has 1 aliphatic heterocycles. The van der Waals surface area contributed by atoms with E-state index in [1.807, 2.05) is 12.1 Å². The van der Waals surface area contributed by atoms with Crippen molar-refractivity contribution in [2.24, 2.45) is 0 Å². The molecule has 0 N–H and O–H groups in total. The molecule has 2 nitrogen and oxygen atoms in total. The minimum absolute atomic E-state index is 0.115. The Morgan fingerprint density at radius 2 is 1.86 bits per heavy atom. The summed E-state index contributed by atoms with van der Waals surface area (Å²) in [5, 5.41) is 0.770. The number of fused-ring (bicyclic) bond motifs is 1. The molecule has 0 saturated heterocycles. The number of halogens is 1. The van der Waals surface area contributed by atoms with Gasteiger partial charge in [0.05, 0.1) is 12.5 Å². The van der Waals surface area contributed by atoms with Gasteiger partial charge in [-0.2, -0.15) is 0 Å². The molecule has 1 atom stereocenters. The fraction of sp³-hybridized carbons (Fsp3) is 0.353. The van der Waals surface area contributed by atoms with Crippen LogP contribution in [0.25, 0.3) is 0 Å². The Morgan fingerprint density at radius 1 is 1.14 bits per heavy atom. The van der Waals surface area contributed by atoms with Crippen molar-refractivity contribution in [3.05, 3.63) is 64.9 Å². The lowest BCUT2D eigenvalue weighted by molar-refractivity contribution is -0.581. The smallest absolute Gasteiger partial charge is 0.405 e. The van der Waals surface area contributed by atoms with Crippen molar-refractivity contribution >= 4 is 18.1 Å². The summed E-state index contributed by atoms with van der Waals surface area (Å²) in [6, 6.07) is 14.5. The molecular weight excluding hydrogens is 280 g/mol. The predicted molar refractivity (Wildman–Crippen MR) is 87.7 cm³/mol. The summed E-state index contributed by atoms with van der Waals surface area (Å²) < 4.78 is 8.97. The summed E-state index contributed by atoms with van der Waals surface area (Å²) in [5.74, 6) is 0. The van der Waals surface area contributed by atoms with E-state index in [0.717, 1.165) is 24.1 Å². The van der Waals surface area contributed by atoms with Gasteiger partial charge in [-0.15, -0.1) is 0 Å². The van der Waals surface area contributed by atoms with E-state index in [4.69, 9.17) is 16.3 Å². The SMILES string of the molecule is CC[B-]1(CC)OC(c2ccc(Cl)cc2)Cc2cccc[n+]21. The number of benzene rings is 1. The summed E-state index contributed by atoms with van der Waals surface area (Å²) in [7, 11) is 0. The largest absolute Gasteiger partial charge is 0.526 e. The summed E-state index contributed by atoms with van der Waals surface area (Å²) in [5.41, 5.74) is 2.56. The van der Waals surface area contributed by atoms with Crippen LogP contribution in [0, 0.1) is 0 Å². The second kappa shape index (κ2) is 5.82. The Labute approximate surface area is 131 Å². The second-order valence-corrected chi connectivity index (χ2v) is 6.33. The van der Waals surface area contributed by atoms with Gasteiger partial charge >= 0.3 is 6.48 Å². The molecule has 4 heteroatoms. The first-order chi connectivity index (χ1) is 10.2. The quantitative estimate of drug-likeness (QED) is 0.772. The number of nitrogens with zero attached hydrogens (tertiary/aromatic N) is 1. The van der Waals surface area contributed by atoms with Crippen molar-refractivity contribution < 1.29 is 9.13 Å². The fourth-order valence-corrected chi connectivity index (χ4v) is 3.61. The predicted octanol–water partition coefficient (Wildman–Crippen LogP) is 4.27. The lowest BCUT2D eigenvalue weighted by Gasteiger charge is -2.42. The van der Waals surface area contributed by atoms with Crippen molar-refractivity contribution in [2.75, 3.05) is 0 Å². The van der Waals surface area contributed by atoms with Gasteiger partial charge in [-0.3, -0.25) is 0 Å². The number of rotatable bonds is 3. The van der Waals surface area contributed by atoms with Gasteiger partial charge in [0.2, 0.25) is 0 Å². The molecule has 2 heterocycles. The zero-order chi connectivity index (χ0) is 14.9. The van der Waals surface area contributed by atoms with E-state index < -0.39 is 6.48 Å². The topological polar surface area (TPSA) is 13.1 Å². The Balaban J connectivity index is 2.03. The van der Waals surface area contributed by atoms with Gasteiger partial charge in [-0.25, -0.2) is 0 Å². The molecule has 0 amide bonds. The summed E-state index contributed by atoms with van der Waals surface area (Å²) in [4.78, 5) is 0. The molecule has 1 aliphatic rings. The van der Waals surface area contributed by atoms with Gasteiger partial charge in [-0.05, 0) is 23.8 Å². The molecule has 0 spiro atoms. The first-order valence-electron chi connectivity index (χ1n) is 7.79. The third-order valence-electron chi connectivity index (χ3n) is 4.81. The average Bonchev–Trinajstić information content (AvgIpc) is 2.54. The van der Waals surface area contributed by atoms with Crippen LogP contribution >= 0.6 is 11.6 Å². The Morgan fingerprint density at radius 3 is 2.52 bits per heavy atom. The summed E-state index contributed by atoms with van der Waals surface area (Å²) in [6.07, 6.45) is 5.22. The third-order valence-corrected chi connectivity index (χ3v) is 5.07. The Kier molecular flexibility index (Phi) is 4.05. The highest BCUT2D eigenvalue weighted by Crippen LogP contribution is 2.32. The van der Waals surface area contributed by atoms with E-state index in [1.165, 1.54) is 11.3 Å². The fourth-order valence-electron chi connectivity index (χ4n) is 3.48. The van der Waals surface area contributed by atoms with Crippen LogP contribution in [0.2, 0.25) is 17.7 Å². The number of hydrogen-bond acceptors (Lipinski definition) is 1.